The van der Waals surface area contributed by atoms with E-state index in [4.69, 9.17) is 21.7 Å². The Hall–Kier alpha value is -2.53. The lowest BCUT2D eigenvalue weighted by atomic mass is 10.1. The minimum atomic E-state index is -0.668. The number of unbranched alkanes of at least 4 members (excludes halogenated alkanes) is 5. The van der Waals surface area contributed by atoms with Crippen molar-refractivity contribution in [1.29, 1.82) is 5.26 Å². The first kappa shape index (κ1) is 19.5. The van der Waals surface area contributed by atoms with Gasteiger partial charge in [-0.15, -0.1) is 0 Å². The summed E-state index contributed by atoms with van der Waals surface area (Å²) in [5.41, 5.74) is -0.126. The van der Waals surface area contributed by atoms with Crippen molar-refractivity contribution in [3.63, 3.8) is 0 Å². The van der Waals surface area contributed by atoms with Crippen molar-refractivity contribution in [2.45, 2.75) is 45.4 Å². The van der Waals surface area contributed by atoms with Gasteiger partial charge in [-0.1, -0.05) is 51.2 Å². The number of nitrogens with zero attached hydrogens (tertiary/aromatic N) is 2. The SMILES string of the molecule is [C-]#[N+]/C(C=CC=C(C#N)C(=O)OCCCCCCCC)=C/O. The molecule has 0 saturated carbocycles. The van der Waals surface area contributed by atoms with E-state index < -0.39 is 5.97 Å². The molecule has 118 valence electrons. The average molecular weight is 302 g/mol. The fraction of sp³-hybridized carbons (Fsp3) is 0.471. The Morgan fingerprint density at radius 3 is 2.59 bits per heavy atom. The Kier molecular flexibility index (Phi) is 11.9. The number of allylic oxidation sites excluding steroid dienone is 3. The molecule has 0 aliphatic rings. The number of carbonyl (C=O) groups excluding carboxylic acids is 1. The molecule has 0 fully saturated rings. The number of esters is 1. The lowest BCUT2D eigenvalue weighted by Crippen LogP contribution is -2.07. The molecule has 0 aliphatic carbocycles. The summed E-state index contributed by atoms with van der Waals surface area (Å²) in [6.07, 6.45) is 11.1. The van der Waals surface area contributed by atoms with E-state index >= 15 is 0 Å². The number of rotatable bonds is 10. The van der Waals surface area contributed by atoms with Crippen molar-refractivity contribution in [3.05, 3.63) is 47.2 Å². The summed E-state index contributed by atoms with van der Waals surface area (Å²) in [6, 6.07) is 1.76. The molecule has 0 aromatic rings. The van der Waals surface area contributed by atoms with Gasteiger partial charge in [0.2, 0.25) is 5.70 Å². The fourth-order valence-electron chi connectivity index (χ4n) is 1.63. The Balaban J connectivity index is 4.16. The van der Waals surface area contributed by atoms with Gasteiger partial charge in [0.1, 0.15) is 11.6 Å². The highest BCUT2D eigenvalue weighted by atomic mass is 16.5. The van der Waals surface area contributed by atoms with Crippen molar-refractivity contribution in [2.24, 2.45) is 0 Å². The van der Waals surface area contributed by atoms with Crippen LogP contribution in [0.15, 0.2) is 35.8 Å². The number of aliphatic hydroxyl groups is 1. The molecule has 0 aromatic heterocycles. The Morgan fingerprint density at radius 1 is 1.32 bits per heavy atom. The first-order valence-electron chi connectivity index (χ1n) is 7.37. The summed E-state index contributed by atoms with van der Waals surface area (Å²) < 4.78 is 5.02. The lowest BCUT2D eigenvalue weighted by molar-refractivity contribution is -0.138. The second-order valence-corrected chi connectivity index (χ2v) is 4.62. The lowest BCUT2D eigenvalue weighted by Gasteiger charge is -2.03. The predicted octanol–water partition coefficient (Wildman–Crippen LogP) is 4.21. The van der Waals surface area contributed by atoms with E-state index in [1.165, 1.54) is 37.5 Å². The quantitative estimate of drug-likeness (QED) is 0.125. The molecular formula is C17H22N2O3. The molecule has 0 rings (SSSR count). The smallest absolute Gasteiger partial charge is 0.348 e. The summed E-state index contributed by atoms with van der Waals surface area (Å²) in [7, 11) is 0. The van der Waals surface area contributed by atoms with Crippen molar-refractivity contribution in [2.75, 3.05) is 6.61 Å². The summed E-state index contributed by atoms with van der Waals surface area (Å²) in [5, 5.41) is 17.6. The van der Waals surface area contributed by atoms with Crippen molar-refractivity contribution in [1.82, 2.24) is 0 Å². The van der Waals surface area contributed by atoms with E-state index in [1.807, 2.05) is 0 Å². The van der Waals surface area contributed by atoms with E-state index in [0.717, 1.165) is 19.3 Å². The van der Waals surface area contributed by atoms with E-state index in [1.54, 1.807) is 6.07 Å². The Bertz CT molecular complexity index is 505. The molecule has 0 amide bonds. The molecule has 0 radical (unpaired) electrons. The van der Waals surface area contributed by atoms with Gasteiger partial charge in [-0.25, -0.2) is 9.64 Å². The monoisotopic (exact) mass is 302 g/mol. The maximum absolute atomic E-state index is 11.7. The van der Waals surface area contributed by atoms with E-state index in [2.05, 4.69) is 11.8 Å². The van der Waals surface area contributed by atoms with Gasteiger partial charge in [0.25, 0.3) is 0 Å². The van der Waals surface area contributed by atoms with Gasteiger partial charge in [-0.2, -0.15) is 5.26 Å². The van der Waals surface area contributed by atoms with E-state index in [-0.39, 0.29) is 11.3 Å². The number of carbonyl (C=O) groups is 1. The Labute approximate surface area is 132 Å². The third-order valence-corrected chi connectivity index (χ3v) is 2.86. The van der Waals surface area contributed by atoms with Crippen molar-refractivity contribution in [3.8, 4) is 6.07 Å². The predicted molar refractivity (Wildman–Crippen MR) is 84.5 cm³/mol. The largest absolute Gasteiger partial charge is 0.527 e. The fourth-order valence-corrected chi connectivity index (χ4v) is 1.63. The van der Waals surface area contributed by atoms with Crippen LogP contribution in [0, 0.1) is 17.9 Å². The highest BCUT2D eigenvalue weighted by Gasteiger charge is 2.08. The van der Waals surface area contributed by atoms with Gasteiger partial charge in [0.05, 0.1) is 19.4 Å². The maximum Gasteiger partial charge on any atom is 0.348 e. The number of ether oxygens (including phenoxy) is 1. The standard InChI is InChI=1S/C17H22N2O3/c1-3-4-5-6-7-8-12-22-17(21)15(13-18)10-9-11-16(14-20)19-2/h9-11,14,20H,3-8,12H2,1H3/b11-9?,15-10?,16-14+. The minimum absolute atomic E-state index is 0.00832. The van der Waals surface area contributed by atoms with Crippen LogP contribution in [-0.2, 0) is 9.53 Å². The summed E-state index contributed by atoms with van der Waals surface area (Å²) >= 11 is 0. The maximum atomic E-state index is 11.7. The first-order valence-corrected chi connectivity index (χ1v) is 7.37. The summed E-state index contributed by atoms with van der Waals surface area (Å²) in [4.78, 5) is 14.7. The molecule has 0 aromatic carbocycles. The van der Waals surface area contributed by atoms with Crippen LogP contribution in [-0.4, -0.2) is 17.7 Å². The Morgan fingerprint density at radius 2 is 2.00 bits per heavy atom. The molecule has 0 saturated heterocycles. The van der Waals surface area contributed by atoms with Gasteiger partial charge in [-0.05, 0) is 12.5 Å². The van der Waals surface area contributed by atoms with E-state index in [9.17, 15) is 4.79 Å². The van der Waals surface area contributed by atoms with Gasteiger partial charge < -0.3 is 9.84 Å². The molecule has 0 heterocycles. The molecule has 1 N–H and O–H groups in total. The van der Waals surface area contributed by atoms with Gasteiger partial charge >= 0.3 is 5.97 Å². The highest BCUT2D eigenvalue weighted by molar-refractivity contribution is 5.93. The molecule has 0 atom stereocenters. The molecule has 5 nitrogen and oxygen atoms in total. The van der Waals surface area contributed by atoms with Crippen LogP contribution in [0.5, 0.6) is 0 Å². The van der Waals surface area contributed by atoms with Crippen LogP contribution in [0.3, 0.4) is 0 Å². The van der Waals surface area contributed by atoms with Gasteiger partial charge in [-0.3, -0.25) is 0 Å². The molecule has 0 unspecified atom stereocenters. The van der Waals surface area contributed by atoms with Crippen LogP contribution in [0.4, 0.5) is 0 Å². The first-order chi connectivity index (χ1) is 10.7. The van der Waals surface area contributed by atoms with Gasteiger partial charge in [0, 0.05) is 0 Å². The second-order valence-electron chi connectivity index (χ2n) is 4.62. The van der Waals surface area contributed by atoms with Crippen molar-refractivity contribution >= 4 is 5.97 Å². The van der Waals surface area contributed by atoms with Crippen LogP contribution < -0.4 is 0 Å². The zero-order chi connectivity index (χ0) is 16.6. The number of hydrogen-bond acceptors (Lipinski definition) is 4. The molecule has 22 heavy (non-hydrogen) atoms. The van der Waals surface area contributed by atoms with Gasteiger partial charge in [0.15, 0.2) is 0 Å². The zero-order valence-corrected chi connectivity index (χ0v) is 12.9. The normalized spacial score (nSPS) is 12.0. The summed E-state index contributed by atoms with van der Waals surface area (Å²) in [6.45, 7) is 9.18. The average Bonchev–Trinajstić information content (AvgIpc) is 2.54. The highest BCUT2D eigenvalue weighted by Crippen LogP contribution is 2.06. The molecule has 5 heteroatoms. The van der Waals surface area contributed by atoms with Crippen molar-refractivity contribution < 1.29 is 14.6 Å². The zero-order valence-electron chi connectivity index (χ0n) is 12.9. The number of aliphatic hydroxyl groups excluding tert-OH is 1. The van der Waals surface area contributed by atoms with Crippen LogP contribution in [0.1, 0.15) is 45.4 Å². The molecule has 0 aliphatic heterocycles. The molecule has 0 bridgehead atoms. The third-order valence-electron chi connectivity index (χ3n) is 2.86. The van der Waals surface area contributed by atoms with Crippen LogP contribution in [0.25, 0.3) is 4.85 Å². The van der Waals surface area contributed by atoms with Crippen LogP contribution in [0.2, 0.25) is 0 Å². The van der Waals surface area contributed by atoms with Crippen LogP contribution >= 0.6 is 0 Å². The number of nitriles is 1. The molecule has 0 spiro atoms. The molecular weight excluding hydrogens is 280 g/mol. The third kappa shape index (κ3) is 9.39. The minimum Gasteiger partial charge on any atom is -0.527 e. The second kappa shape index (κ2) is 13.5. The number of hydrogen-bond donors (Lipinski definition) is 1. The summed E-state index contributed by atoms with van der Waals surface area (Å²) in [5.74, 6) is -0.668. The topological polar surface area (TPSA) is 74.7 Å². The van der Waals surface area contributed by atoms with E-state index in [0.29, 0.717) is 12.9 Å².